The van der Waals surface area contributed by atoms with E-state index in [1.807, 2.05) is 27.7 Å². The molecule has 0 fully saturated rings. The van der Waals surface area contributed by atoms with Crippen LogP contribution in [0.1, 0.15) is 27.7 Å². The topological polar surface area (TPSA) is 64.3 Å². The quantitative estimate of drug-likeness (QED) is 0.677. The molecule has 0 aliphatic heterocycles. The van der Waals surface area contributed by atoms with Crippen LogP contribution in [0.3, 0.4) is 0 Å². The molecule has 0 unspecified atom stereocenters. The van der Waals surface area contributed by atoms with Crippen LogP contribution in [0.2, 0.25) is 0 Å². The predicted octanol–water partition coefficient (Wildman–Crippen LogP) is 1.41. The molecule has 0 saturated heterocycles. The van der Waals surface area contributed by atoms with Crippen molar-refractivity contribution in [2.24, 2.45) is 5.73 Å². The molecule has 3 N–H and O–H groups in total. The predicted molar refractivity (Wildman–Crippen MR) is 57.0 cm³/mol. The molecule has 14 heavy (non-hydrogen) atoms. The van der Waals surface area contributed by atoms with Crippen LogP contribution in [-0.4, -0.2) is 24.3 Å². The van der Waals surface area contributed by atoms with E-state index in [0.29, 0.717) is 6.54 Å². The molecule has 0 aliphatic rings. The van der Waals surface area contributed by atoms with E-state index >= 15 is 0 Å². The molecule has 0 bridgehead atoms. The summed E-state index contributed by atoms with van der Waals surface area (Å²) in [4.78, 5) is 11.3. The van der Waals surface area contributed by atoms with Crippen molar-refractivity contribution in [1.82, 2.24) is 5.32 Å². The van der Waals surface area contributed by atoms with Gasteiger partial charge in [0.25, 0.3) is 0 Å². The van der Waals surface area contributed by atoms with Gasteiger partial charge in [-0.05, 0) is 27.7 Å². The van der Waals surface area contributed by atoms with E-state index in [-0.39, 0.29) is 6.04 Å². The Balaban J connectivity index is 4.11. The molecule has 82 valence electrons. The third kappa shape index (κ3) is 5.59. The average Bonchev–Trinajstić information content (AvgIpc) is 1.96. The van der Waals surface area contributed by atoms with Gasteiger partial charge in [-0.15, -0.1) is 0 Å². The summed E-state index contributed by atoms with van der Waals surface area (Å²) in [6, 6.07) is -0.218. The molecule has 4 heteroatoms. The van der Waals surface area contributed by atoms with Gasteiger partial charge < -0.3 is 15.8 Å². The van der Waals surface area contributed by atoms with Crippen LogP contribution in [0.4, 0.5) is 4.79 Å². The Labute approximate surface area is 85.5 Å². The number of hydrogen-bond donors (Lipinski definition) is 2. The first-order valence-corrected chi connectivity index (χ1v) is 4.61. The lowest BCUT2D eigenvalue weighted by molar-refractivity contribution is 0.0513. The van der Waals surface area contributed by atoms with Crippen LogP contribution in [-0.2, 0) is 4.74 Å². The van der Waals surface area contributed by atoms with E-state index in [4.69, 9.17) is 10.5 Å². The maximum atomic E-state index is 11.3. The summed E-state index contributed by atoms with van der Waals surface area (Å²) in [5, 5.41) is 2.64. The van der Waals surface area contributed by atoms with Crippen LogP contribution >= 0.6 is 0 Å². The highest BCUT2D eigenvalue weighted by molar-refractivity contribution is 5.68. The van der Waals surface area contributed by atoms with Crippen molar-refractivity contribution >= 4 is 6.09 Å². The highest BCUT2D eigenvalue weighted by atomic mass is 16.6. The molecule has 0 aromatic rings. The molecule has 0 aromatic carbocycles. The summed E-state index contributed by atoms with van der Waals surface area (Å²) in [6.07, 6.45) is -0.462. The van der Waals surface area contributed by atoms with Crippen molar-refractivity contribution < 1.29 is 9.53 Å². The van der Waals surface area contributed by atoms with Crippen LogP contribution < -0.4 is 11.1 Å². The van der Waals surface area contributed by atoms with Crippen molar-refractivity contribution in [1.29, 1.82) is 0 Å². The van der Waals surface area contributed by atoms with Crippen LogP contribution in [0.5, 0.6) is 0 Å². The zero-order chi connectivity index (χ0) is 11.4. The van der Waals surface area contributed by atoms with Crippen LogP contribution in [0.25, 0.3) is 0 Å². The van der Waals surface area contributed by atoms with Crippen molar-refractivity contribution in [3.8, 4) is 0 Å². The minimum absolute atomic E-state index is 0.218. The Morgan fingerprint density at radius 3 is 2.36 bits per heavy atom. The van der Waals surface area contributed by atoms with Gasteiger partial charge in [0.1, 0.15) is 5.60 Å². The average molecular weight is 200 g/mol. The van der Waals surface area contributed by atoms with Crippen LogP contribution in [0.15, 0.2) is 12.2 Å². The lowest BCUT2D eigenvalue weighted by Crippen LogP contribution is -2.43. The number of alkyl carbamates (subject to hydrolysis) is 1. The second-order valence-corrected chi connectivity index (χ2v) is 4.28. The third-order valence-electron chi connectivity index (χ3n) is 1.52. The molecule has 0 radical (unpaired) electrons. The third-order valence-corrected chi connectivity index (χ3v) is 1.52. The van der Waals surface area contributed by atoms with Gasteiger partial charge in [-0.1, -0.05) is 12.2 Å². The number of nitrogens with two attached hydrogens (primary N) is 1. The lowest BCUT2D eigenvalue weighted by Gasteiger charge is -2.23. The molecule has 0 heterocycles. The molecule has 1 amide bonds. The van der Waals surface area contributed by atoms with Crippen LogP contribution in [0, 0.1) is 0 Å². The fraction of sp³-hybridized carbons (Fsp3) is 0.700. The summed E-state index contributed by atoms with van der Waals surface area (Å²) >= 11 is 0. The molecule has 4 nitrogen and oxygen atoms in total. The fourth-order valence-electron chi connectivity index (χ4n) is 0.833. The normalized spacial score (nSPS) is 13.2. The van der Waals surface area contributed by atoms with Crippen molar-refractivity contribution in [3.63, 3.8) is 0 Å². The zero-order valence-electron chi connectivity index (χ0n) is 9.39. The van der Waals surface area contributed by atoms with Gasteiger partial charge in [0, 0.05) is 6.54 Å². The number of hydrogen-bond acceptors (Lipinski definition) is 3. The molecular weight excluding hydrogens is 180 g/mol. The van der Waals surface area contributed by atoms with Gasteiger partial charge in [-0.3, -0.25) is 0 Å². The van der Waals surface area contributed by atoms with Crippen molar-refractivity contribution in [2.75, 3.05) is 6.54 Å². The first-order chi connectivity index (χ1) is 6.26. The monoisotopic (exact) mass is 200 g/mol. The summed E-state index contributed by atoms with van der Waals surface area (Å²) in [5.41, 5.74) is 5.78. The van der Waals surface area contributed by atoms with Gasteiger partial charge in [0.05, 0.1) is 6.04 Å². The summed E-state index contributed by atoms with van der Waals surface area (Å²) in [7, 11) is 0. The number of rotatable bonds is 3. The smallest absolute Gasteiger partial charge is 0.408 e. The first-order valence-electron chi connectivity index (χ1n) is 4.61. The highest BCUT2D eigenvalue weighted by Gasteiger charge is 2.18. The number of carbonyl (C=O) groups excluding carboxylic acids is 1. The molecule has 0 aromatic heterocycles. The second-order valence-electron chi connectivity index (χ2n) is 4.28. The minimum Gasteiger partial charge on any atom is -0.444 e. The summed E-state index contributed by atoms with van der Waals surface area (Å²) in [6.45, 7) is 11.3. The minimum atomic E-state index is -0.488. The molecule has 0 rings (SSSR count). The van der Waals surface area contributed by atoms with E-state index in [1.54, 1.807) is 0 Å². The van der Waals surface area contributed by atoms with Gasteiger partial charge in [0.15, 0.2) is 0 Å². The Bertz CT molecular complexity index is 219. The molecule has 1 atom stereocenters. The van der Waals surface area contributed by atoms with Gasteiger partial charge in [-0.2, -0.15) is 0 Å². The van der Waals surface area contributed by atoms with E-state index in [0.717, 1.165) is 5.57 Å². The zero-order valence-corrected chi connectivity index (χ0v) is 9.39. The molecule has 0 spiro atoms. The standard InChI is InChI=1S/C10H20N2O2/c1-7(2)8(6-11)12-9(13)14-10(3,4)5/h8H,1,6,11H2,2-5H3,(H,12,13)/t8-/m1/s1. The lowest BCUT2D eigenvalue weighted by atomic mass is 10.1. The Hall–Kier alpha value is -1.03. The largest absolute Gasteiger partial charge is 0.444 e. The Kier molecular flexibility index (Phi) is 4.63. The number of carbonyl (C=O) groups is 1. The van der Waals surface area contributed by atoms with Gasteiger partial charge in [0.2, 0.25) is 0 Å². The first kappa shape index (κ1) is 13.0. The fourth-order valence-corrected chi connectivity index (χ4v) is 0.833. The Morgan fingerprint density at radius 1 is 1.57 bits per heavy atom. The number of nitrogens with one attached hydrogen (secondary N) is 1. The van der Waals surface area contributed by atoms with Gasteiger partial charge >= 0.3 is 6.09 Å². The van der Waals surface area contributed by atoms with E-state index in [9.17, 15) is 4.79 Å². The SMILES string of the molecule is C=C(C)[C@@H](CN)NC(=O)OC(C)(C)C. The molecular formula is C10H20N2O2. The van der Waals surface area contributed by atoms with Crippen molar-refractivity contribution in [3.05, 3.63) is 12.2 Å². The van der Waals surface area contributed by atoms with E-state index < -0.39 is 11.7 Å². The summed E-state index contributed by atoms with van der Waals surface area (Å²) in [5.74, 6) is 0. The van der Waals surface area contributed by atoms with Crippen molar-refractivity contribution in [2.45, 2.75) is 39.3 Å². The highest BCUT2D eigenvalue weighted by Crippen LogP contribution is 2.07. The molecule has 0 saturated carbocycles. The summed E-state index contributed by atoms with van der Waals surface area (Å²) < 4.78 is 5.07. The number of ether oxygens (including phenoxy) is 1. The maximum absolute atomic E-state index is 11.3. The maximum Gasteiger partial charge on any atom is 0.408 e. The second kappa shape index (κ2) is 5.00. The molecule has 0 aliphatic carbocycles. The Morgan fingerprint density at radius 2 is 2.07 bits per heavy atom. The van der Waals surface area contributed by atoms with Gasteiger partial charge in [-0.25, -0.2) is 4.79 Å². The van der Waals surface area contributed by atoms with E-state index in [2.05, 4.69) is 11.9 Å². The number of amides is 1. The van der Waals surface area contributed by atoms with E-state index in [1.165, 1.54) is 0 Å².